The van der Waals surface area contributed by atoms with Crippen molar-refractivity contribution in [1.82, 2.24) is 4.90 Å². The molecule has 0 aliphatic rings. The molecule has 1 unspecified atom stereocenters. The van der Waals surface area contributed by atoms with Gasteiger partial charge in [0.05, 0.1) is 6.54 Å². The average Bonchev–Trinajstić information content (AvgIpc) is 3.02. The minimum atomic E-state index is 0.0344. The molecule has 1 atom stereocenters. The summed E-state index contributed by atoms with van der Waals surface area (Å²) in [5, 5.41) is 5.19. The number of hydrogen-bond donors (Lipinski definition) is 1. The second-order valence-corrected chi connectivity index (χ2v) is 7.33. The summed E-state index contributed by atoms with van der Waals surface area (Å²) in [5.41, 5.74) is 3.26. The van der Waals surface area contributed by atoms with E-state index < -0.39 is 0 Å². The predicted molar refractivity (Wildman–Crippen MR) is 99.3 cm³/mol. The molecule has 0 aliphatic heterocycles. The van der Waals surface area contributed by atoms with E-state index in [-0.39, 0.29) is 11.9 Å². The van der Waals surface area contributed by atoms with Gasteiger partial charge in [-0.3, -0.25) is 9.69 Å². The Hall–Kier alpha value is -1.65. The largest absolute Gasteiger partial charge is 0.324 e. The zero-order valence-electron chi connectivity index (χ0n) is 14.6. The molecular formula is C19H26N2OS. The molecule has 2 rings (SSSR count). The lowest BCUT2D eigenvalue weighted by molar-refractivity contribution is -0.117. The fourth-order valence-electron chi connectivity index (χ4n) is 2.63. The highest BCUT2D eigenvalue weighted by atomic mass is 32.1. The topological polar surface area (TPSA) is 32.3 Å². The molecule has 1 N–H and O–H groups in total. The number of carbonyl (C=O) groups is 1. The lowest BCUT2D eigenvalue weighted by Crippen LogP contribution is -2.32. The van der Waals surface area contributed by atoms with Gasteiger partial charge in [0.1, 0.15) is 0 Å². The summed E-state index contributed by atoms with van der Waals surface area (Å²) in [6.45, 7) is 8.85. The molecule has 23 heavy (non-hydrogen) atoms. The highest BCUT2D eigenvalue weighted by Crippen LogP contribution is 2.28. The second kappa shape index (κ2) is 7.75. The third kappa shape index (κ3) is 4.43. The van der Waals surface area contributed by atoms with E-state index in [1.54, 1.807) is 11.3 Å². The van der Waals surface area contributed by atoms with Crippen LogP contribution in [0.1, 0.15) is 48.7 Å². The lowest BCUT2D eigenvalue weighted by atomic mass is 9.98. The van der Waals surface area contributed by atoms with Crippen molar-refractivity contribution in [3.63, 3.8) is 0 Å². The van der Waals surface area contributed by atoms with E-state index in [0.717, 1.165) is 11.3 Å². The minimum Gasteiger partial charge on any atom is -0.324 e. The van der Waals surface area contributed by atoms with E-state index in [4.69, 9.17) is 0 Å². The second-order valence-electron chi connectivity index (χ2n) is 6.35. The Morgan fingerprint density at radius 3 is 2.57 bits per heavy atom. The Balaban J connectivity index is 2.05. The summed E-state index contributed by atoms with van der Waals surface area (Å²) in [7, 11) is 1.99. The Kier molecular flexibility index (Phi) is 5.97. The highest BCUT2D eigenvalue weighted by molar-refractivity contribution is 7.10. The van der Waals surface area contributed by atoms with Crippen LogP contribution in [0.4, 0.5) is 5.69 Å². The molecule has 3 nitrogen and oxygen atoms in total. The van der Waals surface area contributed by atoms with Gasteiger partial charge in [-0.15, -0.1) is 11.3 Å². The SMILES string of the molecule is Cc1cccc(C(C)C)c1NC(=O)CN(C)C(C)c1cccs1. The maximum absolute atomic E-state index is 12.5. The number of likely N-dealkylation sites (N-methyl/N-ethyl adjacent to an activating group) is 1. The number of thiophene rings is 1. The Morgan fingerprint density at radius 1 is 1.22 bits per heavy atom. The van der Waals surface area contributed by atoms with Gasteiger partial charge >= 0.3 is 0 Å². The Bertz CT molecular complexity index is 649. The summed E-state index contributed by atoms with van der Waals surface area (Å²) >= 11 is 1.73. The van der Waals surface area contributed by atoms with E-state index >= 15 is 0 Å². The van der Waals surface area contributed by atoms with Crippen molar-refractivity contribution in [2.75, 3.05) is 18.9 Å². The van der Waals surface area contributed by atoms with Gasteiger partial charge in [0.2, 0.25) is 5.91 Å². The number of aryl methyl sites for hydroxylation is 1. The third-order valence-electron chi connectivity index (χ3n) is 4.20. The summed E-state index contributed by atoms with van der Waals surface area (Å²) < 4.78 is 0. The van der Waals surface area contributed by atoms with Gasteiger partial charge in [-0.2, -0.15) is 0 Å². The first kappa shape index (κ1) is 17.7. The monoisotopic (exact) mass is 330 g/mol. The van der Waals surface area contributed by atoms with Crippen LogP contribution >= 0.6 is 11.3 Å². The molecule has 4 heteroatoms. The molecule has 1 heterocycles. The molecule has 0 bridgehead atoms. The Labute approximate surface area is 143 Å². The molecule has 0 fully saturated rings. The first-order valence-electron chi connectivity index (χ1n) is 8.03. The predicted octanol–water partition coefficient (Wildman–Crippen LogP) is 4.81. The van der Waals surface area contributed by atoms with Gasteiger partial charge in [-0.05, 0) is 49.4 Å². The zero-order chi connectivity index (χ0) is 17.0. The fraction of sp³-hybridized carbons (Fsp3) is 0.421. The number of amides is 1. The van der Waals surface area contributed by atoms with Crippen LogP contribution in [-0.2, 0) is 4.79 Å². The van der Waals surface area contributed by atoms with Crippen molar-refractivity contribution in [2.45, 2.75) is 39.7 Å². The molecule has 0 spiro atoms. The van der Waals surface area contributed by atoms with E-state index in [1.807, 2.05) is 32.2 Å². The molecule has 0 aliphatic carbocycles. The molecular weight excluding hydrogens is 304 g/mol. The van der Waals surface area contributed by atoms with E-state index in [1.165, 1.54) is 10.4 Å². The zero-order valence-corrected chi connectivity index (χ0v) is 15.4. The van der Waals surface area contributed by atoms with Gasteiger partial charge < -0.3 is 5.32 Å². The van der Waals surface area contributed by atoms with Crippen LogP contribution in [0.2, 0.25) is 0 Å². The number of para-hydroxylation sites is 1. The normalized spacial score (nSPS) is 12.7. The van der Waals surface area contributed by atoms with Gasteiger partial charge in [0.15, 0.2) is 0 Å². The van der Waals surface area contributed by atoms with Crippen molar-refractivity contribution < 1.29 is 4.79 Å². The Morgan fingerprint density at radius 2 is 1.96 bits per heavy atom. The first-order chi connectivity index (χ1) is 10.9. The standard InChI is InChI=1S/C19H26N2OS/c1-13(2)16-9-6-8-14(3)19(16)20-18(22)12-21(5)15(4)17-10-7-11-23-17/h6-11,13,15H,12H2,1-5H3,(H,20,22). The van der Waals surface area contributed by atoms with E-state index in [0.29, 0.717) is 12.5 Å². The van der Waals surface area contributed by atoms with Crippen LogP contribution in [0.3, 0.4) is 0 Å². The number of nitrogens with zero attached hydrogens (tertiary/aromatic N) is 1. The van der Waals surface area contributed by atoms with Gasteiger partial charge in [0, 0.05) is 16.6 Å². The fourth-order valence-corrected chi connectivity index (χ4v) is 3.48. The van der Waals surface area contributed by atoms with Gasteiger partial charge in [-0.1, -0.05) is 38.1 Å². The van der Waals surface area contributed by atoms with Crippen molar-refractivity contribution in [2.24, 2.45) is 0 Å². The van der Waals surface area contributed by atoms with Gasteiger partial charge in [0.25, 0.3) is 0 Å². The number of hydrogen-bond acceptors (Lipinski definition) is 3. The number of nitrogens with one attached hydrogen (secondary N) is 1. The van der Waals surface area contributed by atoms with Crippen molar-refractivity contribution in [3.8, 4) is 0 Å². The van der Waals surface area contributed by atoms with E-state index in [2.05, 4.69) is 48.5 Å². The smallest absolute Gasteiger partial charge is 0.238 e. The van der Waals surface area contributed by atoms with E-state index in [9.17, 15) is 4.79 Å². The molecule has 124 valence electrons. The third-order valence-corrected chi connectivity index (χ3v) is 5.24. The lowest BCUT2D eigenvalue weighted by Gasteiger charge is -2.24. The summed E-state index contributed by atoms with van der Waals surface area (Å²) in [4.78, 5) is 15.8. The molecule has 1 amide bonds. The van der Waals surface area contributed by atoms with Crippen LogP contribution in [0, 0.1) is 6.92 Å². The quantitative estimate of drug-likeness (QED) is 0.824. The molecule has 0 saturated heterocycles. The molecule has 1 aromatic heterocycles. The molecule has 2 aromatic rings. The maximum atomic E-state index is 12.5. The van der Waals surface area contributed by atoms with Crippen molar-refractivity contribution in [1.29, 1.82) is 0 Å². The van der Waals surface area contributed by atoms with Gasteiger partial charge in [-0.25, -0.2) is 0 Å². The first-order valence-corrected chi connectivity index (χ1v) is 8.91. The summed E-state index contributed by atoms with van der Waals surface area (Å²) in [6, 6.07) is 10.6. The van der Waals surface area contributed by atoms with Crippen LogP contribution in [0.25, 0.3) is 0 Å². The van der Waals surface area contributed by atoms with Crippen molar-refractivity contribution >= 4 is 22.9 Å². The average molecular weight is 330 g/mol. The highest BCUT2D eigenvalue weighted by Gasteiger charge is 2.17. The molecule has 1 aromatic carbocycles. The van der Waals surface area contributed by atoms with Crippen LogP contribution in [-0.4, -0.2) is 24.4 Å². The van der Waals surface area contributed by atoms with Crippen LogP contribution in [0.5, 0.6) is 0 Å². The number of anilines is 1. The van der Waals surface area contributed by atoms with Crippen LogP contribution < -0.4 is 5.32 Å². The van der Waals surface area contributed by atoms with Crippen LogP contribution in [0.15, 0.2) is 35.7 Å². The van der Waals surface area contributed by atoms with Crippen molar-refractivity contribution in [3.05, 3.63) is 51.7 Å². The summed E-state index contributed by atoms with van der Waals surface area (Å²) in [6.07, 6.45) is 0. The number of benzene rings is 1. The maximum Gasteiger partial charge on any atom is 0.238 e. The summed E-state index contributed by atoms with van der Waals surface area (Å²) in [5.74, 6) is 0.417. The number of carbonyl (C=O) groups excluding carboxylic acids is 1. The molecule has 0 saturated carbocycles. The number of rotatable bonds is 6. The minimum absolute atomic E-state index is 0.0344. The molecule has 0 radical (unpaired) electrons.